The molecule has 1 aromatic carbocycles. The fourth-order valence-electron chi connectivity index (χ4n) is 2.35. The molecule has 0 radical (unpaired) electrons. The number of halogens is 1. The molecule has 4 heteroatoms. The molecule has 0 aromatic heterocycles. The fraction of sp³-hybridized carbons (Fsp3) is 0.533. The molecule has 1 fully saturated rings. The van der Waals surface area contributed by atoms with E-state index in [4.69, 9.17) is 4.74 Å². The van der Waals surface area contributed by atoms with Crippen molar-refractivity contribution in [2.24, 2.45) is 0 Å². The third kappa shape index (κ3) is 4.23. The van der Waals surface area contributed by atoms with Crippen molar-refractivity contribution in [3.63, 3.8) is 0 Å². The highest BCUT2D eigenvalue weighted by molar-refractivity contribution is 9.09. The Balaban J connectivity index is 1.82. The highest BCUT2D eigenvalue weighted by atomic mass is 79.9. The smallest absolute Gasteiger partial charge is 0.222 e. The lowest BCUT2D eigenvalue weighted by Gasteiger charge is -2.30. The van der Waals surface area contributed by atoms with Gasteiger partial charge in [-0.15, -0.1) is 0 Å². The summed E-state index contributed by atoms with van der Waals surface area (Å²) < 4.78 is 5.12. The number of rotatable bonds is 4. The molecule has 1 atom stereocenters. The quantitative estimate of drug-likeness (QED) is 0.796. The minimum absolute atomic E-state index is 0.264. The second-order valence-electron chi connectivity index (χ2n) is 4.93. The van der Waals surface area contributed by atoms with Gasteiger partial charge >= 0.3 is 0 Å². The Kier molecular flexibility index (Phi) is 5.25. The highest BCUT2D eigenvalue weighted by Crippen LogP contribution is 2.18. The molecule has 0 aliphatic carbocycles. The van der Waals surface area contributed by atoms with Gasteiger partial charge in [-0.1, -0.05) is 28.1 Å². The van der Waals surface area contributed by atoms with Crippen LogP contribution in [0.2, 0.25) is 0 Å². The Hall–Kier alpha value is -1.03. The standard InChI is InChI=1S/C15H20BrNO2/c1-19-14-7-4-12(5-8-14)6-9-15(18)17-10-2-3-13(16)11-17/h4-5,7-8,13H,2-3,6,9-11H2,1H3. The van der Waals surface area contributed by atoms with Crippen molar-refractivity contribution in [3.8, 4) is 5.75 Å². The molecule has 3 nitrogen and oxygen atoms in total. The number of piperidine rings is 1. The minimum Gasteiger partial charge on any atom is -0.497 e. The maximum absolute atomic E-state index is 12.1. The zero-order valence-corrected chi connectivity index (χ0v) is 12.9. The summed E-state index contributed by atoms with van der Waals surface area (Å²) in [5.74, 6) is 1.12. The van der Waals surface area contributed by atoms with Crippen molar-refractivity contribution in [2.75, 3.05) is 20.2 Å². The molecule has 1 heterocycles. The monoisotopic (exact) mass is 325 g/mol. The molecule has 1 aliphatic rings. The van der Waals surface area contributed by atoms with E-state index in [1.807, 2.05) is 29.2 Å². The van der Waals surface area contributed by atoms with Crippen LogP contribution in [0.1, 0.15) is 24.8 Å². The molecule has 1 aliphatic heterocycles. The molecule has 0 spiro atoms. The van der Waals surface area contributed by atoms with Gasteiger partial charge in [0, 0.05) is 24.3 Å². The second kappa shape index (κ2) is 6.94. The molecular formula is C15H20BrNO2. The number of benzene rings is 1. The van der Waals surface area contributed by atoms with Gasteiger partial charge in [0.15, 0.2) is 0 Å². The summed E-state index contributed by atoms with van der Waals surface area (Å²) >= 11 is 3.60. The number of hydrogen-bond donors (Lipinski definition) is 0. The fourth-order valence-corrected chi connectivity index (χ4v) is 3.03. The number of aryl methyl sites for hydroxylation is 1. The van der Waals surface area contributed by atoms with Gasteiger partial charge < -0.3 is 9.64 Å². The SMILES string of the molecule is COc1ccc(CCC(=O)N2CCCC(Br)C2)cc1. The molecule has 2 rings (SSSR count). The molecule has 19 heavy (non-hydrogen) atoms. The first-order chi connectivity index (χ1) is 9.19. The number of carbonyl (C=O) groups is 1. The van der Waals surface area contributed by atoms with Crippen molar-refractivity contribution >= 4 is 21.8 Å². The summed E-state index contributed by atoms with van der Waals surface area (Å²) in [5, 5.41) is 0. The van der Waals surface area contributed by atoms with E-state index in [-0.39, 0.29) is 5.91 Å². The summed E-state index contributed by atoms with van der Waals surface area (Å²) in [6, 6.07) is 7.93. The summed E-state index contributed by atoms with van der Waals surface area (Å²) in [7, 11) is 1.66. The Morgan fingerprint density at radius 2 is 2.16 bits per heavy atom. The zero-order valence-electron chi connectivity index (χ0n) is 11.3. The third-order valence-electron chi connectivity index (χ3n) is 3.50. The Bertz CT molecular complexity index is 419. The number of alkyl halides is 1. The van der Waals surface area contributed by atoms with Crippen LogP contribution >= 0.6 is 15.9 Å². The van der Waals surface area contributed by atoms with Gasteiger partial charge in [0.2, 0.25) is 5.91 Å². The summed E-state index contributed by atoms with van der Waals surface area (Å²) in [5.41, 5.74) is 1.18. The van der Waals surface area contributed by atoms with Crippen LogP contribution in [0.3, 0.4) is 0 Å². The van der Waals surface area contributed by atoms with E-state index < -0.39 is 0 Å². The van der Waals surface area contributed by atoms with Gasteiger partial charge in [0.1, 0.15) is 5.75 Å². The van der Waals surface area contributed by atoms with Crippen LogP contribution in [0, 0.1) is 0 Å². The van der Waals surface area contributed by atoms with Crippen LogP contribution in [0.5, 0.6) is 5.75 Å². The topological polar surface area (TPSA) is 29.5 Å². The van der Waals surface area contributed by atoms with E-state index >= 15 is 0 Å². The van der Waals surface area contributed by atoms with E-state index in [0.29, 0.717) is 11.2 Å². The van der Waals surface area contributed by atoms with Gasteiger partial charge in [0.05, 0.1) is 7.11 Å². The molecule has 104 valence electrons. The van der Waals surface area contributed by atoms with Crippen LogP contribution in [0.4, 0.5) is 0 Å². The molecular weight excluding hydrogens is 306 g/mol. The van der Waals surface area contributed by atoms with Gasteiger partial charge in [0.25, 0.3) is 0 Å². The normalized spacial score (nSPS) is 19.3. The van der Waals surface area contributed by atoms with Crippen LogP contribution in [0.15, 0.2) is 24.3 Å². The molecule has 0 bridgehead atoms. The summed E-state index contributed by atoms with van der Waals surface area (Å²) in [4.78, 5) is 14.6. The number of amides is 1. The molecule has 0 saturated carbocycles. The van der Waals surface area contributed by atoms with Crippen molar-refractivity contribution < 1.29 is 9.53 Å². The van der Waals surface area contributed by atoms with Crippen molar-refractivity contribution in [3.05, 3.63) is 29.8 Å². The van der Waals surface area contributed by atoms with Crippen molar-refractivity contribution in [1.82, 2.24) is 4.90 Å². The van der Waals surface area contributed by atoms with Crippen LogP contribution < -0.4 is 4.74 Å². The number of hydrogen-bond acceptors (Lipinski definition) is 2. The van der Waals surface area contributed by atoms with Gasteiger partial charge in [-0.25, -0.2) is 0 Å². The molecule has 1 unspecified atom stereocenters. The van der Waals surface area contributed by atoms with E-state index in [1.165, 1.54) is 12.0 Å². The average Bonchev–Trinajstić information content (AvgIpc) is 2.45. The summed E-state index contributed by atoms with van der Waals surface area (Å²) in [6.07, 6.45) is 3.66. The van der Waals surface area contributed by atoms with E-state index in [1.54, 1.807) is 7.11 Å². The number of carbonyl (C=O) groups excluding carboxylic acids is 1. The maximum Gasteiger partial charge on any atom is 0.222 e. The molecule has 1 aromatic rings. The van der Waals surface area contributed by atoms with Crippen LogP contribution in [-0.2, 0) is 11.2 Å². The maximum atomic E-state index is 12.1. The molecule has 1 amide bonds. The number of nitrogens with zero attached hydrogens (tertiary/aromatic N) is 1. The van der Waals surface area contributed by atoms with E-state index in [0.717, 1.165) is 31.7 Å². The highest BCUT2D eigenvalue weighted by Gasteiger charge is 2.21. The number of methoxy groups -OCH3 is 1. The van der Waals surface area contributed by atoms with Gasteiger partial charge in [-0.2, -0.15) is 0 Å². The lowest BCUT2D eigenvalue weighted by atomic mass is 10.1. The number of likely N-dealkylation sites (tertiary alicyclic amines) is 1. The zero-order chi connectivity index (χ0) is 13.7. The molecule has 1 saturated heterocycles. The Labute approximate surface area is 123 Å². The first kappa shape index (κ1) is 14.4. The lowest BCUT2D eigenvalue weighted by molar-refractivity contribution is -0.131. The minimum atomic E-state index is 0.264. The van der Waals surface area contributed by atoms with Crippen molar-refractivity contribution in [1.29, 1.82) is 0 Å². The van der Waals surface area contributed by atoms with Crippen molar-refractivity contribution in [2.45, 2.75) is 30.5 Å². The van der Waals surface area contributed by atoms with E-state index in [9.17, 15) is 4.79 Å². The van der Waals surface area contributed by atoms with Gasteiger partial charge in [-0.3, -0.25) is 4.79 Å². The predicted octanol–water partition coefficient (Wildman–Crippen LogP) is 3.01. The van der Waals surface area contributed by atoms with E-state index in [2.05, 4.69) is 15.9 Å². The van der Waals surface area contributed by atoms with Crippen LogP contribution in [-0.4, -0.2) is 35.8 Å². The Morgan fingerprint density at radius 3 is 2.79 bits per heavy atom. The third-order valence-corrected chi connectivity index (χ3v) is 4.25. The second-order valence-corrected chi connectivity index (χ2v) is 6.22. The van der Waals surface area contributed by atoms with Crippen LogP contribution in [0.25, 0.3) is 0 Å². The first-order valence-corrected chi connectivity index (χ1v) is 7.65. The lowest BCUT2D eigenvalue weighted by Crippen LogP contribution is -2.40. The number of ether oxygens (including phenoxy) is 1. The average molecular weight is 326 g/mol. The predicted molar refractivity (Wildman–Crippen MR) is 79.8 cm³/mol. The van der Waals surface area contributed by atoms with Gasteiger partial charge in [-0.05, 0) is 37.0 Å². The largest absolute Gasteiger partial charge is 0.497 e. The summed E-state index contributed by atoms with van der Waals surface area (Å²) in [6.45, 7) is 1.75. The molecule has 0 N–H and O–H groups in total. The Morgan fingerprint density at radius 1 is 1.42 bits per heavy atom. The first-order valence-electron chi connectivity index (χ1n) is 6.74.